The Kier molecular flexibility index (Phi) is 7.26. The van der Waals surface area contributed by atoms with Crippen molar-refractivity contribution in [3.8, 4) is 11.5 Å². The van der Waals surface area contributed by atoms with Gasteiger partial charge in [0, 0.05) is 25.2 Å². The first-order valence-corrected chi connectivity index (χ1v) is 10.9. The summed E-state index contributed by atoms with van der Waals surface area (Å²) in [5.74, 6) is -1.05. The maximum atomic E-state index is 12.9. The third kappa shape index (κ3) is 5.69. The van der Waals surface area contributed by atoms with Crippen molar-refractivity contribution in [1.82, 2.24) is 9.62 Å². The molecule has 2 aromatic carbocycles. The summed E-state index contributed by atoms with van der Waals surface area (Å²) >= 11 is 0. The zero-order valence-electron chi connectivity index (χ0n) is 17.0. The van der Waals surface area contributed by atoms with Crippen molar-refractivity contribution in [2.45, 2.75) is 17.8 Å². The van der Waals surface area contributed by atoms with Gasteiger partial charge in [0.05, 0.1) is 30.8 Å². The normalized spacial score (nSPS) is 15.2. The Morgan fingerprint density at radius 3 is 2.47 bits per heavy atom. The molecule has 1 N–H and O–H groups in total. The number of benzene rings is 2. The minimum Gasteiger partial charge on any atom is -0.496 e. The molecule has 174 valence electrons. The quantitative estimate of drug-likeness (QED) is 0.663. The Bertz CT molecular complexity index is 1070. The van der Waals surface area contributed by atoms with Gasteiger partial charge in [-0.15, -0.1) is 13.2 Å². The molecule has 0 atom stereocenters. The van der Waals surface area contributed by atoms with Gasteiger partial charge in [0.15, 0.2) is 0 Å². The maximum Gasteiger partial charge on any atom is 0.573 e. The van der Waals surface area contributed by atoms with E-state index in [1.165, 1.54) is 47.8 Å². The number of sulfonamides is 1. The van der Waals surface area contributed by atoms with Crippen molar-refractivity contribution in [2.24, 2.45) is 0 Å². The summed E-state index contributed by atoms with van der Waals surface area (Å²) in [4.78, 5) is 12.7. The molecule has 12 heteroatoms. The van der Waals surface area contributed by atoms with E-state index in [1.54, 1.807) is 0 Å². The van der Waals surface area contributed by atoms with Crippen molar-refractivity contribution in [2.75, 3.05) is 33.4 Å². The standard InChI is InChI=1S/C20H21F3N2O6S/c1-29-18-7-6-15(32(27,28)25-8-10-30-11-9-25)12-16(18)19(26)24-13-14-4-2-3-5-17(14)31-20(21,22)23/h2-7,12H,8-11,13H2,1H3,(H,24,26). The molecule has 1 fully saturated rings. The molecular weight excluding hydrogens is 453 g/mol. The molecule has 1 aliphatic rings. The first-order chi connectivity index (χ1) is 15.1. The number of rotatable bonds is 7. The van der Waals surface area contributed by atoms with E-state index >= 15 is 0 Å². The maximum absolute atomic E-state index is 12.9. The lowest BCUT2D eigenvalue weighted by atomic mass is 10.1. The van der Waals surface area contributed by atoms with Gasteiger partial charge in [-0.05, 0) is 24.3 Å². The molecule has 0 spiro atoms. The number of ether oxygens (including phenoxy) is 3. The van der Waals surface area contributed by atoms with E-state index < -0.39 is 28.0 Å². The largest absolute Gasteiger partial charge is 0.573 e. The van der Waals surface area contributed by atoms with Crippen LogP contribution in [0.3, 0.4) is 0 Å². The van der Waals surface area contributed by atoms with Gasteiger partial charge in [-0.3, -0.25) is 4.79 Å². The number of para-hydroxylation sites is 1. The fourth-order valence-electron chi connectivity index (χ4n) is 3.11. The van der Waals surface area contributed by atoms with Crippen LogP contribution in [0.15, 0.2) is 47.4 Å². The molecule has 0 radical (unpaired) electrons. The number of methoxy groups -OCH3 is 1. The summed E-state index contributed by atoms with van der Waals surface area (Å²) in [7, 11) is -2.55. The Morgan fingerprint density at radius 1 is 1.12 bits per heavy atom. The Labute approximate surface area is 182 Å². The summed E-state index contributed by atoms with van der Waals surface area (Å²) in [5.41, 5.74) is 0.0188. The number of carbonyl (C=O) groups excluding carboxylic acids is 1. The van der Waals surface area contributed by atoms with E-state index in [-0.39, 0.29) is 54.6 Å². The number of amides is 1. The number of morpholine rings is 1. The van der Waals surface area contributed by atoms with E-state index in [2.05, 4.69) is 10.1 Å². The van der Waals surface area contributed by atoms with Crippen molar-refractivity contribution >= 4 is 15.9 Å². The lowest BCUT2D eigenvalue weighted by Crippen LogP contribution is -2.40. The van der Waals surface area contributed by atoms with Crippen LogP contribution < -0.4 is 14.8 Å². The highest BCUT2D eigenvalue weighted by Crippen LogP contribution is 2.27. The summed E-state index contributed by atoms with van der Waals surface area (Å²) in [5, 5.41) is 2.48. The van der Waals surface area contributed by atoms with E-state index in [9.17, 15) is 26.4 Å². The number of halogens is 3. The van der Waals surface area contributed by atoms with Gasteiger partial charge in [-0.25, -0.2) is 8.42 Å². The second kappa shape index (κ2) is 9.76. The molecule has 8 nitrogen and oxygen atoms in total. The van der Waals surface area contributed by atoms with Crippen LogP contribution in [-0.2, 0) is 21.3 Å². The van der Waals surface area contributed by atoms with E-state index in [0.717, 1.165) is 6.07 Å². The van der Waals surface area contributed by atoms with Crippen LogP contribution in [0.1, 0.15) is 15.9 Å². The van der Waals surface area contributed by atoms with Crippen LogP contribution in [0.2, 0.25) is 0 Å². The molecule has 0 aliphatic carbocycles. The highest BCUT2D eigenvalue weighted by atomic mass is 32.2. The molecule has 3 rings (SSSR count). The van der Waals surface area contributed by atoms with Gasteiger partial charge in [0.2, 0.25) is 10.0 Å². The average Bonchev–Trinajstić information content (AvgIpc) is 2.77. The molecule has 1 aliphatic heterocycles. The van der Waals surface area contributed by atoms with Crippen LogP contribution in [0.25, 0.3) is 0 Å². The molecule has 0 saturated carbocycles. The van der Waals surface area contributed by atoms with Gasteiger partial charge in [-0.2, -0.15) is 4.31 Å². The minimum atomic E-state index is -4.88. The van der Waals surface area contributed by atoms with Crippen molar-refractivity contribution in [3.63, 3.8) is 0 Å². The summed E-state index contributed by atoms with van der Waals surface area (Å²) < 4.78 is 79.1. The molecule has 2 aromatic rings. The molecule has 0 aromatic heterocycles. The summed E-state index contributed by atoms with van der Waals surface area (Å²) in [6, 6.07) is 9.23. The van der Waals surface area contributed by atoms with Crippen molar-refractivity contribution in [3.05, 3.63) is 53.6 Å². The van der Waals surface area contributed by atoms with Crippen molar-refractivity contribution in [1.29, 1.82) is 0 Å². The molecule has 0 unspecified atom stereocenters. The molecule has 1 saturated heterocycles. The van der Waals surface area contributed by atoms with E-state index in [0.29, 0.717) is 0 Å². The zero-order valence-corrected chi connectivity index (χ0v) is 17.8. The second-order valence-electron chi connectivity index (χ2n) is 6.72. The van der Waals surface area contributed by atoms with Gasteiger partial charge < -0.3 is 19.5 Å². The smallest absolute Gasteiger partial charge is 0.496 e. The molecule has 32 heavy (non-hydrogen) atoms. The predicted molar refractivity (Wildman–Crippen MR) is 107 cm³/mol. The first-order valence-electron chi connectivity index (χ1n) is 9.49. The zero-order chi connectivity index (χ0) is 23.4. The monoisotopic (exact) mass is 474 g/mol. The van der Waals surface area contributed by atoms with Crippen molar-refractivity contribution < 1.29 is 40.6 Å². The molecule has 0 bridgehead atoms. The Morgan fingerprint density at radius 2 is 1.81 bits per heavy atom. The number of carbonyl (C=O) groups is 1. The SMILES string of the molecule is COc1ccc(S(=O)(=O)N2CCOCC2)cc1C(=O)NCc1ccccc1OC(F)(F)F. The molecule has 1 heterocycles. The number of hydrogen-bond donors (Lipinski definition) is 1. The number of nitrogens with one attached hydrogen (secondary N) is 1. The Hall–Kier alpha value is -2.83. The number of alkyl halides is 3. The van der Waals surface area contributed by atoms with Crippen LogP contribution in [0.5, 0.6) is 11.5 Å². The van der Waals surface area contributed by atoms with Gasteiger partial charge in [0.25, 0.3) is 5.91 Å². The van der Waals surface area contributed by atoms with Gasteiger partial charge in [0.1, 0.15) is 11.5 Å². The predicted octanol–water partition coefficient (Wildman–Crippen LogP) is 2.54. The fourth-order valence-corrected chi connectivity index (χ4v) is 4.54. The third-order valence-corrected chi connectivity index (χ3v) is 6.56. The molecule has 1 amide bonds. The minimum absolute atomic E-state index is 0.0731. The average molecular weight is 474 g/mol. The topological polar surface area (TPSA) is 94.2 Å². The lowest BCUT2D eigenvalue weighted by Gasteiger charge is -2.26. The van der Waals surface area contributed by atoms with Crippen LogP contribution in [-0.4, -0.2) is 58.4 Å². The van der Waals surface area contributed by atoms with E-state index in [1.807, 2.05) is 0 Å². The molecular formula is C20H21F3N2O6S. The third-order valence-electron chi connectivity index (χ3n) is 4.66. The Balaban J connectivity index is 1.82. The fraction of sp³-hybridized carbons (Fsp3) is 0.350. The number of hydrogen-bond acceptors (Lipinski definition) is 6. The lowest BCUT2D eigenvalue weighted by molar-refractivity contribution is -0.274. The van der Waals surface area contributed by atoms with Crippen LogP contribution in [0.4, 0.5) is 13.2 Å². The highest BCUT2D eigenvalue weighted by molar-refractivity contribution is 7.89. The van der Waals surface area contributed by atoms with Gasteiger partial charge in [-0.1, -0.05) is 18.2 Å². The second-order valence-corrected chi connectivity index (χ2v) is 8.65. The summed E-state index contributed by atoms with van der Waals surface area (Å²) in [6.07, 6.45) is -4.88. The van der Waals surface area contributed by atoms with E-state index in [4.69, 9.17) is 9.47 Å². The number of nitrogens with zero attached hydrogens (tertiary/aromatic N) is 1. The van der Waals surface area contributed by atoms with Crippen LogP contribution >= 0.6 is 0 Å². The first kappa shape index (κ1) is 23.8. The summed E-state index contributed by atoms with van der Waals surface area (Å²) in [6.45, 7) is 0.622. The van der Waals surface area contributed by atoms with Gasteiger partial charge >= 0.3 is 6.36 Å². The highest BCUT2D eigenvalue weighted by Gasteiger charge is 2.32. The van der Waals surface area contributed by atoms with Crippen LogP contribution in [0, 0.1) is 0 Å².